The standard InChI is InChI=1S/C28H28P2.C18H15P.2ClH.Ru/c1-5-15-25(16-6-1)29(26-17-7-2-8-18-26)23-13-14-24-30(27-19-9-3-10-20-27)28-21-11-4-12-22-28;1-4-10-16(11-5-1)19(17-12-6-2-7-13-17)18-14-8-3-9-15-18;;;/h1-12,15-22H,13-14,23-24H2;1-15H;2*1H;/q;;;;+2/p-2. The quantitative estimate of drug-likeness (QED) is 0.0652. The predicted octanol–water partition coefficient (Wildman–Crippen LogP) is 10.9. The summed E-state index contributed by atoms with van der Waals surface area (Å²) in [6.45, 7) is 0. The molecule has 6 heteroatoms. The van der Waals surface area contributed by atoms with Crippen LogP contribution in [-0.4, -0.2) is 12.3 Å². The Bertz CT molecular complexity index is 1660. The van der Waals surface area contributed by atoms with E-state index in [-0.39, 0.29) is 31.0 Å². The molecule has 0 saturated carbocycles. The van der Waals surface area contributed by atoms with Crippen molar-refractivity contribution >= 4 is 80.3 Å². The molecule has 0 radical (unpaired) electrons. The van der Waals surface area contributed by atoms with E-state index in [0.717, 1.165) is 0 Å². The van der Waals surface area contributed by atoms with Gasteiger partial charge in [-0.25, -0.2) is 0 Å². The smallest absolute Gasteiger partial charge is 0.0134 e. The first-order valence-electron chi connectivity index (χ1n) is 17.3. The number of benzene rings is 7. The topological polar surface area (TPSA) is 0 Å². The summed E-state index contributed by atoms with van der Waals surface area (Å²) in [6.07, 6.45) is 5.06. The van der Waals surface area contributed by atoms with E-state index in [4.69, 9.17) is 19.4 Å². The molecule has 52 heavy (non-hydrogen) atoms. The molecular formula is C46H43Cl2P3Ru. The van der Waals surface area contributed by atoms with Crippen molar-refractivity contribution in [3.63, 3.8) is 0 Å². The van der Waals surface area contributed by atoms with Gasteiger partial charge in [-0.15, -0.1) is 0 Å². The third kappa shape index (κ3) is 12.9. The minimum atomic E-state index is -0.446. The van der Waals surface area contributed by atoms with E-state index < -0.39 is 7.92 Å². The van der Waals surface area contributed by atoms with Crippen LogP contribution in [0.2, 0.25) is 0 Å². The van der Waals surface area contributed by atoms with Crippen molar-refractivity contribution in [2.45, 2.75) is 12.8 Å². The number of halogens is 2. The van der Waals surface area contributed by atoms with Crippen LogP contribution in [0.3, 0.4) is 0 Å². The summed E-state index contributed by atoms with van der Waals surface area (Å²) in [5, 5.41) is 10.2. The van der Waals surface area contributed by atoms with Crippen molar-refractivity contribution in [2.24, 2.45) is 0 Å². The molecular weight excluding hydrogens is 817 g/mol. The van der Waals surface area contributed by atoms with Crippen LogP contribution in [0.4, 0.5) is 0 Å². The molecule has 0 fully saturated rings. The van der Waals surface area contributed by atoms with Crippen LogP contribution in [0.25, 0.3) is 0 Å². The second-order valence-electron chi connectivity index (χ2n) is 11.7. The molecule has 0 aliphatic carbocycles. The van der Waals surface area contributed by atoms with E-state index in [1.165, 1.54) is 62.3 Å². The fraction of sp³-hybridized carbons (Fsp3) is 0.0870. The van der Waals surface area contributed by atoms with Gasteiger partial charge in [0, 0.05) is 0 Å². The number of hydrogen-bond acceptors (Lipinski definition) is 0. The van der Waals surface area contributed by atoms with Gasteiger partial charge in [0.15, 0.2) is 0 Å². The summed E-state index contributed by atoms with van der Waals surface area (Å²) in [4.78, 5) is 0. The molecule has 7 aromatic rings. The fourth-order valence-corrected chi connectivity index (χ4v) is 13.1. The summed E-state index contributed by atoms with van der Waals surface area (Å²) >= 11 is -0.346. The molecule has 0 bridgehead atoms. The molecule has 0 atom stereocenters. The number of hydrogen-bond donors (Lipinski definition) is 0. The summed E-state index contributed by atoms with van der Waals surface area (Å²) in [5.41, 5.74) is 0. The van der Waals surface area contributed by atoms with Gasteiger partial charge in [0.05, 0.1) is 0 Å². The van der Waals surface area contributed by atoms with Gasteiger partial charge in [-0.05, 0) is 86.1 Å². The molecule has 0 heterocycles. The van der Waals surface area contributed by atoms with Gasteiger partial charge in [-0.2, -0.15) is 0 Å². The zero-order chi connectivity index (χ0) is 36.1. The SMILES string of the molecule is [Cl][Ru][Cl].c1ccc(P(CCCCP(c2ccccc2)c2ccccc2)c2ccccc2)cc1.c1ccc(P(c2ccccc2)c2ccccc2)cc1. The van der Waals surface area contributed by atoms with Crippen molar-refractivity contribution in [3.8, 4) is 0 Å². The Morgan fingerprint density at radius 2 is 0.462 bits per heavy atom. The average molecular weight is 861 g/mol. The first-order chi connectivity index (χ1) is 25.8. The largest absolute Gasteiger partial charge is 0.0622 e. The van der Waals surface area contributed by atoms with Gasteiger partial charge >= 0.3 is 34.5 Å². The molecule has 0 amide bonds. The summed E-state index contributed by atoms with van der Waals surface area (Å²) < 4.78 is 0. The molecule has 7 rings (SSSR count). The molecule has 0 saturated heterocycles. The van der Waals surface area contributed by atoms with E-state index in [1.807, 2.05) is 0 Å². The maximum Gasteiger partial charge on any atom is -0.0134 e. The molecule has 0 spiro atoms. The van der Waals surface area contributed by atoms with E-state index in [1.54, 1.807) is 0 Å². The Labute approximate surface area is 330 Å². The maximum atomic E-state index is 4.85. The molecule has 0 unspecified atom stereocenters. The zero-order valence-corrected chi connectivity index (χ0v) is 34.9. The number of rotatable bonds is 12. The summed E-state index contributed by atoms with van der Waals surface area (Å²) in [7, 11) is 8.70. The van der Waals surface area contributed by atoms with Gasteiger partial charge in [-0.1, -0.05) is 212 Å². The van der Waals surface area contributed by atoms with Gasteiger partial charge < -0.3 is 0 Å². The van der Waals surface area contributed by atoms with Crippen LogP contribution in [0, 0.1) is 0 Å². The monoisotopic (exact) mass is 860 g/mol. The third-order valence-corrected chi connectivity index (χ3v) is 16.0. The van der Waals surface area contributed by atoms with Crippen LogP contribution in [0.15, 0.2) is 212 Å². The first-order valence-corrected chi connectivity index (χ1v) is 26.2. The van der Waals surface area contributed by atoms with Crippen molar-refractivity contribution in [1.82, 2.24) is 0 Å². The van der Waals surface area contributed by atoms with Crippen molar-refractivity contribution in [2.75, 3.05) is 12.3 Å². The second-order valence-corrected chi connectivity index (χ2v) is 21.3. The van der Waals surface area contributed by atoms with Gasteiger partial charge in [0.25, 0.3) is 0 Å². The Morgan fingerprint density at radius 1 is 0.288 bits per heavy atom. The van der Waals surface area contributed by atoms with E-state index in [0.29, 0.717) is 0 Å². The van der Waals surface area contributed by atoms with Crippen molar-refractivity contribution in [1.29, 1.82) is 0 Å². The Hall–Kier alpha value is -2.97. The van der Waals surface area contributed by atoms with Crippen LogP contribution < -0.4 is 37.1 Å². The first kappa shape index (κ1) is 40.2. The number of unbranched alkanes of at least 4 members (excludes halogenated alkanes) is 1. The second kappa shape index (κ2) is 23.6. The Balaban J connectivity index is 0.000000203. The average Bonchev–Trinajstić information content (AvgIpc) is 3.22. The zero-order valence-electron chi connectivity index (χ0n) is 29.0. The van der Waals surface area contributed by atoms with Crippen molar-refractivity contribution < 1.29 is 15.1 Å². The third-order valence-electron chi connectivity index (χ3n) is 8.33. The normalized spacial score (nSPS) is 10.7. The Kier molecular flexibility index (Phi) is 18.3. The molecule has 0 aromatic heterocycles. The van der Waals surface area contributed by atoms with Crippen molar-refractivity contribution in [3.05, 3.63) is 212 Å². The molecule has 0 aliphatic rings. The maximum absolute atomic E-state index is 4.85. The van der Waals surface area contributed by atoms with Gasteiger partial charge in [-0.3, -0.25) is 0 Å². The van der Waals surface area contributed by atoms with E-state index in [9.17, 15) is 0 Å². The van der Waals surface area contributed by atoms with E-state index >= 15 is 0 Å². The fourth-order valence-electron chi connectivity index (χ4n) is 5.96. The van der Waals surface area contributed by atoms with Crippen LogP contribution in [0.5, 0.6) is 0 Å². The molecule has 0 nitrogen and oxygen atoms in total. The van der Waals surface area contributed by atoms with Gasteiger partial charge in [0.1, 0.15) is 0 Å². The van der Waals surface area contributed by atoms with E-state index in [2.05, 4.69) is 212 Å². The summed E-state index contributed by atoms with van der Waals surface area (Å²) in [5.74, 6) is 0. The van der Waals surface area contributed by atoms with Crippen LogP contribution >= 0.6 is 43.1 Å². The Morgan fingerprint density at radius 3 is 0.654 bits per heavy atom. The van der Waals surface area contributed by atoms with Crippen LogP contribution in [-0.2, 0) is 15.1 Å². The molecule has 264 valence electrons. The van der Waals surface area contributed by atoms with Gasteiger partial charge in [0.2, 0.25) is 0 Å². The predicted molar refractivity (Wildman–Crippen MR) is 234 cm³/mol. The molecule has 0 aliphatic heterocycles. The molecule has 7 aromatic carbocycles. The minimum absolute atomic E-state index is 0.283. The van der Waals surface area contributed by atoms with Crippen LogP contribution in [0.1, 0.15) is 12.8 Å². The molecule has 0 N–H and O–H groups in total. The minimum Gasteiger partial charge on any atom is -0.0622 e. The summed E-state index contributed by atoms with van der Waals surface area (Å²) in [6, 6.07) is 76.7.